The largest absolute Gasteiger partial charge is 0.497 e. The van der Waals surface area contributed by atoms with Crippen molar-refractivity contribution in [2.45, 2.75) is 6.92 Å². The van der Waals surface area contributed by atoms with Crippen LogP contribution in [-0.4, -0.2) is 17.9 Å². The lowest BCUT2D eigenvalue weighted by Crippen LogP contribution is -2.24. The normalized spacial score (nSPS) is 11.5. The molecule has 0 atom stereocenters. The number of hydrogen-bond acceptors (Lipinski definition) is 3. The number of nitrogens with zero attached hydrogens (tertiary/aromatic N) is 1. The molecular formula is C12H15N3OS. The summed E-state index contributed by atoms with van der Waals surface area (Å²) in [4.78, 5) is 0. The second kappa shape index (κ2) is 6.65. The van der Waals surface area contributed by atoms with Gasteiger partial charge in [-0.3, -0.25) is 5.43 Å². The zero-order valence-electron chi connectivity index (χ0n) is 9.81. The van der Waals surface area contributed by atoms with Crippen LogP contribution in [0.2, 0.25) is 0 Å². The lowest BCUT2D eigenvalue weighted by molar-refractivity contribution is 0.414. The zero-order chi connectivity index (χ0) is 12.7. The van der Waals surface area contributed by atoms with Gasteiger partial charge in [0.25, 0.3) is 0 Å². The lowest BCUT2D eigenvalue weighted by Gasteiger charge is -2.00. The van der Waals surface area contributed by atoms with Gasteiger partial charge in [-0.25, -0.2) is 0 Å². The van der Waals surface area contributed by atoms with Gasteiger partial charge in [-0.1, -0.05) is 18.2 Å². The predicted octanol–water partition coefficient (Wildman–Crippen LogP) is 1.92. The van der Waals surface area contributed by atoms with Gasteiger partial charge in [0, 0.05) is 0 Å². The topological polar surface area (TPSA) is 59.6 Å². The van der Waals surface area contributed by atoms with Gasteiger partial charge in [-0.05, 0) is 42.9 Å². The van der Waals surface area contributed by atoms with Crippen molar-refractivity contribution in [2.24, 2.45) is 10.8 Å². The zero-order valence-corrected chi connectivity index (χ0v) is 10.6. The van der Waals surface area contributed by atoms with Crippen LogP contribution in [0.4, 0.5) is 0 Å². The molecule has 3 N–H and O–H groups in total. The summed E-state index contributed by atoms with van der Waals surface area (Å²) in [6.45, 7) is 1.85. The van der Waals surface area contributed by atoms with E-state index >= 15 is 0 Å². The lowest BCUT2D eigenvalue weighted by atomic mass is 10.2. The summed E-state index contributed by atoms with van der Waals surface area (Å²) in [5.74, 6) is 0.822. The summed E-state index contributed by atoms with van der Waals surface area (Å²) in [5.41, 5.74) is 9.60. The Hall–Kier alpha value is -1.88. The maximum absolute atomic E-state index is 5.26. The van der Waals surface area contributed by atoms with Crippen molar-refractivity contribution in [3.05, 3.63) is 35.9 Å². The SMILES string of the molecule is COc1cccc(/C=C/C(C)=N\NC(N)=S)c1. The smallest absolute Gasteiger partial charge is 0.184 e. The van der Waals surface area contributed by atoms with Crippen molar-refractivity contribution in [3.8, 4) is 5.75 Å². The first-order valence-electron chi connectivity index (χ1n) is 5.03. The molecule has 0 heterocycles. The third-order valence-corrected chi connectivity index (χ3v) is 2.04. The molecule has 4 nitrogen and oxygen atoms in total. The molecule has 5 heteroatoms. The van der Waals surface area contributed by atoms with Gasteiger partial charge >= 0.3 is 0 Å². The predicted molar refractivity (Wildman–Crippen MR) is 75.1 cm³/mol. The van der Waals surface area contributed by atoms with Crippen LogP contribution in [0.5, 0.6) is 5.75 Å². The van der Waals surface area contributed by atoms with Gasteiger partial charge in [0.1, 0.15) is 5.75 Å². The maximum Gasteiger partial charge on any atom is 0.184 e. The van der Waals surface area contributed by atoms with E-state index < -0.39 is 0 Å². The Bertz CT molecular complexity index is 455. The summed E-state index contributed by atoms with van der Waals surface area (Å²) in [6.07, 6.45) is 3.79. The summed E-state index contributed by atoms with van der Waals surface area (Å²) in [6, 6.07) is 7.74. The molecule has 0 saturated carbocycles. The number of nitrogens with one attached hydrogen (secondary N) is 1. The first-order chi connectivity index (χ1) is 8.11. The first kappa shape index (κ1) is 13.2. The number of hydrogen-bond donors (Lipinski definition) is 2. The van der Waals surface area contributed by atoms with E-state index in [0.717, 1.165) is 17.0 Å². The van der Waals surface area contributed by atoms with Crippen molar-refractivity contribution < 1.29 is 4.74 Å². The second-order valence-electron chi connectivity index (χ2n) is 3.34. The number of benzene rings is 1. The second-order valence-corrected chi connectivity index (χ2v) is 3.78. The molecule has 0 saturated heterocycles. The quantitative estimate of drug-likeness (QED) is 0.486. The van der Waals surface area contributed by atoms with E-state index in [1.807, 2.05) is 43.3 Å². The van der Waals surface area contributed by atoms with E-state index in [4.69, 9.17) is 10.5 Å². The molecule has 0 aromatic heterocycles. The minimum atomic E-state index is 0.152. The highest BCUT2D eigenvalue weighted by atomic mass is 32.1. The van der Waals surface area contributed by atoms with Crippen LogP contribution >= 0.6 is 12.2 Å². The Morgan fingerprint density at radius 3 is 2.94 bits per heavy atom. The highest BCUT2D eigenvalue weighted by Gasteiger charge is 1.92. The number of methoxy groups -OCH3 is 1. The van der Waals surface area contributed by atoms with Gasteiger partial charge < -0.3 is 10.5 Å². The van der Waals surface area contributed by atoms with Gasteiger partial charge in [0.15, 0.2) is 5.11 Å². The Kier molecular flexibility index (Phi) is 5.16. The molecule has 0 aliphatic rings. The number of thiocarbonyl (C=S) groups is 1. The van der Waals surface area contributed by atoms with Crippen LogP contribution in [-0.2, 0) is 0 Å². The van der Waals surface area contributed by atoms with Gasteiger partial charge in [0.05, 0.1) is 12.8 Å². The van der Waals surface area contributed by atoms with Crippen molar-refractivity contribution in [1.29, 1.82) is 0 Å². The van der Waals surface area contributed by atoms with Crippen LogP contribution in [0.25, 0.3) is 6.08 Å². The van der Waals surface area contributed by atoms with E-state index in [9.17, 15) is 0 Å². The monoisotopic (exact) mass is 249 g/mol. The molecule has 0 aliphatic carbocycles. The van der Waals surface area contributed by atoms with Crippen molar-refractivity contribution in [2.75, 3.05) is 7.11 Å². The first-order valence-corrected chi connectivity index (χ1v) is 5.44. The van der Waals surface area contributed by atoms with Crippen molar-refractivity contribution in [1.82, 2.24) is 5.43 Å². The van der Waals surface area contributed by atoms with Crippen LogP contribution in [0.15, 0.2) is 35.4 Å². The Balaban J connectivity index is 2.69. The standard InChI is InChI=1S/C12H15N3OS/c1-9(14-15-12(13)17)6-7-10-4-3-5-11(8-10)16-2/h3-8H,1-2H3,(H3,13,15,17)/b7-6+,14-9-. The number of hydrazone groups is 1. The van der Waals surface area contributed by atoms with Crippen LogP contribution < -0.4 is 15.9 Å². The molecule has 1 rings (SSSR count). The molecule has 90 valence electrons. The minimum Gasteiger partial charge on any atom is -0.497 e. The molecule has 0 spiro atoms. The molecule has 0 radical (unpaired) electrons. The Labute approximate surface area is 106 Å². The van der Waals surface area contributed by atoms with Crippen molar-refractivity contribution >= 4 is 29.1 Å². The van der Waals surface area contributed by atoms with E-state index in [2.05, 4.69) is 22.7 Å². The number of ether oxygens (including phenoxy) is 1. The number of rotatable bonds is 4. The fourth-order valence-corrected chi connectivity index (χ4v) is 1.19. The third kappa shape index (κ3) is 5.12. The summed E-state index contributed by atoms with van der Waals surface area (Å²) >= 11 is 4.64. The fourth-order valence-electron chi connectivity index (χ4n) is 1.14. The highest BCUT2D eigenvalue weighted by molar-refractivity contribution is 7.80. The van der Waals surface area contributed by atoms with E-state index in [-0.39, 0.29) is 5.11 Å². The molecule has 0 bridgehead atoms. The molecule has 0 fully saturated rings. The minimum absolute atomic E-state index is 0.152. The average Bonchev–Trinajstić information content (AvgIpc) is 2.34. The summed E-state index contributed by atoms with van der Waals surface area (Å²) in [7, 11) is 1.64. The molecule has 1 aromatic rings. The van der Waals surface area contributed by atoms with Gasteiger partial charge in [-0.2, -0.15) is 5.10 Å². The fraction of sp³-hybridized carbons (Fsp3) is 0.167. The Morgan fingerprint density at radius 2 is 2.29 bits per heavy atom. The average molecular weight is 249 g/mol. The molecular weight excluding hydrogens is 234 g/mol. The number of allylic oxidation sites excluding steroid dienone is 1. The van der Waals surface area contributed by atoms with Crippen LogP contribution in [0, 0.1) is 0 Å². The van der Waals surface area contributed by atoms with Gasteiger partial charge in [-0.15, -0.1) is 0 Å². The van der Waals surface area contributed by atoms with E-state index in [1.165, 1.54) is 0 Å². The molecule has 0 aliphatic heterocycles. The van der Waals surface area contributed by atoms with Crippen LogP contribution in [0.3, 0.4) is 0 Å². The molecule has 1 aromatic carbocycles. The summed E-state index contributed by atoms with van der Waals surface area (Å²) in [5, 5.41) is 4.12. The Morgan fingerprint density at radius 1 is 1.53 bits per heavy atom. The number of nitrogens with two attached hydrogens (primary N) is 1. The molecule has 17 heavy (non-hydrogen) atoms. The van der Waals surface area contributed by atoms with Crippen LogP contribution in [0.1, 0.15) is 12.5 Å². The maximum atomic E-state index is 5.26. The van der Waals surface area contributed by atoms with E-state index in [0.29, 0.717) is 0 Å². The molecule has 0 amide bonds. The van der Waals surface area contributed by atoms with Gasteiger partial charge in [0.2, 0.25) is 0 Å². The summed E-state index contributed by atoms with van der Waals surface area (Å²) < 4.78 is 5.13. The van der Waals surface area contributed by atoms with Crippen molar-refractivity contribution in [3.63, 3.8) is 0 Å². The van der Waals surface area contributed by atoms with E-state index in [1.54, 1.807) is 7.11 Å². The highest BCUT2D eigenvalue weighted by Crippen LogP contribution is 2.13. The molecule has 0 unspecified atom stereocenters. The third-order valence-electron chi connectivity index (χ3n) is 1.95.